The second kappa shape index (κ2) is 4.94. The highest BCUT2D eigenvalue weighted by molar-refractivity contribution is 5.55. The number of aromatic nitrogens is 3. The first kappa shape index (κ1) is 11.5. The number of nitrogens with zero attached hydrogens (tertiary/aromatic N) is 3. The minimum atomic E-state index is 0.678. The van der Waals surface area contributed by atoms with E-state index in [1.165, 1.54) is 5.56 Å². The molecule has 0 bridgehead atoms. The van der Waals surface area contributed by atoms with E-state index in [0.29, 0.717) is 12.2 Å². The molecular formula is C15H14N4. The molecule has 2 N–H and O–H groups in total. The Bertz CT molecular complexity index is 659. The van der Waals surface area contributed by atoms with Crippen molar-refractivity contribution in [2.45, 2.75) is 6.42 Å². The predicted molar refractivity (Wildman–Crippen MR) is 74.9 cm³/mol. The molecule has 0 saturated carbocycles. The molecule has 1 heterocycles. The van der Waals surface area contributed by atoms with Crippen LogP contribution in [0.2, 0.25) is 0 Å². The summed E-state index contributed by atoms with van der Waals surface area (Å²) in [4.78, 5) is 0. The normalized spacial score (nSPS) is 10.5. The van der Waals surface area contributed by atoms with Crippen molar-refractivity contribution >= 4 is 0 Å². The number of nitrogens with two attached hydrogens (primary N) is 1. The quantitative estimate of drug-likeness (QED) is 0.725. The van der Waals surface area contributed by atoms with Gasteiger partial charge in [-0.05, 0) is 5.56 Å². The third kappa shape index (κ3) is 2.33. The fraction of sp³-hybridized carbons (Fsp3) is 0.0667. The molecule has 3 rings (SSSR count). The zero-order valence-corrected chi connectivity index (χ0v) is 10.4. The monoisotopic (exact) mass is 250 g/mol. The average Bonchev–Trinajstić information content (AvgIpc) is 2.82. The first-order valence-corrected chi connectivity index (χ1v) is 6.13. The van der Waals surface area contributed by atoms with Crippen molar-refractivity contribution in [3.8, 4) is 11.4 Å². The van der Waals surface area contributed by atoms with Crippen LogP contribution < -0.4 is 5.84 Å². The maximum atomic E-state index is 6.07. The molecule has 0 atom stereocenters. The molecule has 19 heavy (non-hydrogen) atoms. The molecular weight excluding hydrogens is 236 g/mol. The molecule has 1 aromatic heterocycles. The van der Waals surface area contributed by atoms with Gasteiger partial charge in [-0.1, -0.05) is 60.7 Å². The highest BCUT2D eigenvalue weighted by Crippen LogP contribution is 2.16. The molecule has 0 amide bonds. The lowest BCUT2D eigenvalue weighted by atomic mass is 10.1. The van der Waals surface area contributed by atoms with Crippen LogP contribution in [0.25, 0.3) is 11.4 Å². The lowest BCUT2D eigenvalue weighted by Crippen LogP contribution is -2.14. The van der Waals surface area contributed by atoms with Crippen LogP contribution in [0.4, 0.5) is 0 Å². The zero-order valence-electron chi connectivity index (χ0n) is 10.4. The van der Waals surface area contributed by atoms with Gasteiger partial charge in [-0.15, -0.1) is 10.2 Å². The average molecular weight is 250 g/mol. The van der Waals surface area contributed by atoms with Gasteiger partial charge in [0.25, 0.3) is 0 Å². The summed E-state index contributed by atoms with van der Waals surface area (Å²) in [6.45, 7) is 0. The topological polar surface area (TPSA) is 56.7 Å². The number of hydrogen-bond acceptors (Lipinski definition) is 3. The molecule has 0 radical (unpaired) electrons. The van der Waals surface area contributed by atoms with E-state index in [9.17, 15) is 0 Å². The second-order valence-electron chi connectivity index (χ2n) is 4.34. The number of benzene rings is 2. The summed E-state index contributed by atoms with van der Waals surface area (Å²) in [6.07, 6.45) is 0.678. The van der Waals surface area contributed by atoms with Crippen LogP contribution in [-0.2, 0) is 6.42 Å². The van der Waals surface area contributed by atoms with E-state index < -0.39 is 0 Å². The molecule has 4 nitrogen and oxygen atoms in total. The van der Waals surface area contributed by atoms with E-state index in [1.807, 2.05) is 48.5 Å². The molecule has 0 aliphatic heterocycles. The van der Waals surface area contributed by atoms with Gasteiger partial charge in [-0.25, -0.2) is 4.68 Å². The van der Waals surface area contributed by atoms with Crippen molar-refractivity contribution in [3.63, 3.8) is 0 Å². The Hall–Kier alpha value is -2.62. The van der Waals surface area contributed by atoms with Crippen molar-refractivity contribution in [2.24, 2.45) is 0 Å². The van der Waals surface area contributed by atoms with Gasteiger partial charge in [0.15, 0.2) is 11.6 Å². The lowest BCUT2D eigenvalue weighted by Gasteiger charge is -2.04. The predicted octanol–water partition coefficient (Wildman–Crippen LogP) is 2.25. The summed E-state index contributed by atoms with van der Waals surface area (Å²) in [5, 5.41) is 8.35. The molecule has 0 spiro atoms. The van der Waals surface area contributed by atoms with Gasteiger partial charge in [-0.2, -0.15) is 0 Å². The Labute approximate surface area is 111 Å². The van der Waals surface area contributed by atoms with E-state index in [1.54, 1.807) is 4.68 Å². The molecule has 0 aliphatic carbocycles. The largest absolute Gasteiger partial charge is 0.336 e. The van der Waals surface area contributed by atoms with Crippen LogP contribution in [0, 0.1) is 0 Å². The maximum Gasteiger partial charge on any atom is 0.182 e. The molecule has 4 heteroatoms. The SMILES string of the molecule is Nn1c(Cc2ccccc2)nnc1-c1ccccc1. The van der Waals surface area contributed by atoms with Gasteiger partial charge in [-0.3, -0.25) is 0 Å². The zero-order chi connectivity index (χ0) is 13.1. The van der Waals surface area contributed by atoms with Crippen molar-refractivity contribution in [3.05, 3.63) is 72.1 Å². The van der Waals surface area contributed by atoms with Crippen LogP contribution in [0.15, 0.2) is 60.7 Å². The van der Waals surface area contributed by atoms with Gasteiger partial charge in [0.05, 0.1) is 0 Å². The lowest BCUT2D eigenvalue weighted by molar-refractivity contribution is 0.877. The summed E-state index contributed by atoms with van der Waals surface area (Å²) in [5.74, 6) is 7.52. The Balaban J connectivity index is 1.92. The second-order valence-corrected chi connectivity index (χ2v) is 4.34. The molecule has 0 fully saturated rings. The molecule has 0 unspecified atom stereocenters. The van der Waals surface area contributed by atoms with Crippen LogP contribution in [-0.4, -0.2) is 14.9 Å². The highest BCUT2D eigenvalue weighted by Gasteiger charge is 2.11. The minimum absolute atomic E-state index is 0.678. The summed E-state index contributed by atoms with van der Waals surface area (Å²) in [5.41, 5.74) is 2.14. The minimum Gasteiger partial charge on any atom is -0.336 e. The summed E-state index contributed by atoms with van der Waals surface area (Å²) < 4.78 is 1.56. The van der Waals surface area contributed by atoms with E-state index in [-0.39, 0.29) is 0 Å². The van der Waals surface area contributed by atoms with Crippen LogP contribution in [0.1, 0.15) is 11.4 Å². The third-order valence-corrected chi connectivity index (χ3v) is 3.00. The number of hydrogen-bond donors (Lipinski definition) is 1. The molecule has 3 aromatic rings. The Kier molecular flexibility index (Phi) is 2.98. The van der Waals surface area contributed by atoms with Gasteiger partial charge in [0, 0.05) is 12.0 Å². The first-order chi connectivity index (χ1) is 9.34. The van der Waals surface area contributed by atoms with Gasteiger partial charge in [0.2, 0.25) is 0 Å². The standard InChI is InChI=1S/C15H14N4/c16-19-14(11-12-7-3-1-4-8-12)17-18-15(19)13-9-5-2-6-10-13/h1-10H,11,16H2. The van der Waals surface area contributed by atoms with Crippen molar-refractivity contribution < 1.29 is 0 Å². The fourth-order valence-electron chi connectivity index (χ4n) is 2.01. The van der Waals surface area contributed by atoms with Gasteiger partial charge >= 0.3 is 0 Å². The molecule has 0 saturated heterocycles. The summed E-state index contributed by atoms with van der Waals surface area (Å²) in [6, 6.07) is 19.9. The van der Waals surface area contributed by atoms with Crippen LogP contribution >= 0.6 is 0 Å². The Morgan fingerprint density at radius 2 is 1.47 bits per heavy atom. The van der Waals surface area contributed by atoms with Crippen molar-refractivity contribution in [1.29, 1.82) is 0 Å². The van der Waals surface area contributed by atoms with E-state index in [4.69, 9.17) is 5.84 Å². The fourth-order valence-corrected chi connectivity index (χ4v) is 2.01. The van der Waals surface area contributed by atoms with Crippen molar-refractivity contribution in [1.82, 2.24) is 14.9 Å². The van der Waals surface area contributed by atoms with E-state index in [2.05, 4.69) is 22.3 Å². The Morgan fingerprint density at radius 1 is 0.842 bits per heavy atom. The van der Waals surface area contributed by atoms with Crippen LogP contribution in [0.5, 0.6) is 0 Å². The number of rotatable bonds is 3. The van der Waals surface area contributed by atoms with Crippen molar-refractivity contribution in [2.75, 3.05) is 5.84 Å². The maximum absolute atomic E-state index is 6.07. The Morgan fingerprint density at radius 3 is 2.16 bits per heavy atom. The summed E-state index contributed by atoms with van der Waals surface area (Å²) in [7, 11) is 0. The number of nitrogen functional groups attached to an aromatic ring is 1. The van der Waals surface area contributed by atoms with E-state index >= 15 is 0 Å². The third-order valence-electron chi connectivity index (χ3n) is 3.00. The molecule has 2 aromatic carbocycles. The first-order valence-electron chi connectivity index (χ1n) is 6.13. The smallest absolute Gasteiger partial charge is 0.182 e. The summed E-state index contributed by atoms with van der Waals surface area (Å²) >= 11 is 0. The molecule has 0 aliphatic rings. The highest BCUT2D eigenvalue weighted by atomic mass is 15.4. The van der Waals surface area contributed by atoms with Gasteiger partial charge in [0.1, 0.15) is 0 Å². The van der Waals surface area contributed by atoms with Gasteiger partial charge < -0.3 is 5.84 Å². The molecule has 94 valence electrons. The van der Waals surface area contributed by atoms with E-state index in [0.717, 1.165) is 11.4 Å². The van der Waals surface area contributed by atoms with Crippen LogP contribution in [0.3, 0.4) is 0 Å².